The van der Waals surface area contributed by atoms with Crippen LogP contribution in [0.2, 0.25) is 0 Å². The molecule has 0 fully saturated rings. The summed E-state index contributed by atoms with van der Waals surface area (Å²) < 4.78 is 14.7. The minimum atomic E-state index is -0.304. The van der Waals surface area contributed by atoms with E-state index in [1.807, 2.05) is 19.2 Å². The fraction of sp³-hybridized carbons (Fsp3) is 0.357. The molecule has 0 amide bonds. The summed E-state index contributed by atoms with van der Waals surface area (Å²) in [6.07, 6.45) is 0. The SMILES string of the molecule is CNc1cc(C(C)(C)C)nc2c(F)cc(Br)cc12. The number of hydrogen-bond acceptors (Lipinski definition) is 2. The lowest BCUT2D eigenvalue weighted by atomic mass is 9.90. The lowest BCUT2D eigenvalue weighted by molar-refractivity contribution is 0.569. The molecule has 2 aromatic rings. The molecule has 1 aromatic heterocycles. The number of nitrogens with zero attached hydrogens (tertiary/aromatic N) is 1. The van der Waals surface area contributed by atoms with Crippen LogP contribution < -0.4 is 5.32 Å². The molecule has 96 valence electrons. The first-order valence-electron chi connectivity index (χ1n) is 5.81. The summed E-state index contributed by atoms with van der Waals surface area (Å²) in [4.78, 5) is 4.46. The Morgan fingerprint density at radius 2 is 1.89 bits per heavy atom. The Hall–Kier alpha value is -1.16. The van der Waals surface area contributed by atoms with Gasteiger partial charge in [0.25, 0.3) is 0 Å². The Labute approximate surface area is 115 Å². The molecule has 0 bridgehead atoms. The Bertz CT molecular complexity index is 603. The third kappa shape index (κ3) is 2.34. The van der Waals surface area contributed by atoms with E-state index in [1.165, 1.54) is 6.07 Å². The van der Waals surface area contributed by atoms with Crippen molar-refractivity contribution < 1.29 is 4.39 Å². The first-order chi connectivity index (χ1) is 8.32. The Morgan fingerprint density at radius 1 is 1.22 bits per heavy atom. The van der Waals surface area contributed by atoms with Gasteiger partial charge in [0, 0.05) is 33.7 Å². The van der Waals surface area contributed by atoms with Gasteiger partial charge in [-0.25, -0.2) is 9.37 Å². The van der Waals surface area contributed by atoms with Gasteiger partial charge in [-0.05, 0) is 18.2 Å². The number of hydrogen-bond donors (Lipinski definition) is 1. The summed E-state index contributed by atoms with van der Waals surface area (Å²) in [5.41, 5.74) is 2.07. The van der Waals surface area contributed by atoms with E-state index in [-0.39, 0.29) is 11.2 Å². The molecule has 0 saturated heterocycles. The zero-order valence-corrected chi connectivity index (χ0v) is 12.5. The highest BCUT2D eigenvalue weighted by atomic mass is 79.9. The van der Waals surface area contributed by atoms with Gasteiger partial charge < -0.3 is 5.32 Å². The van der Waals surface area contributed by atoms with Crippen LogP contribution in [0.1, 0.15) is 26.5 Å². The monoisotopic (exact) mass is 310 g/mol. The highest BCUT2D eigenvalue weighted by Crippen LogP contribution is 2.32. The number of halogens is 2. The highest BCUT2D eigenvalue weighted by molar-refractivity contribution is 9.10. The Morgan fingerprint density at radius 3 is 2.44 bits per heavy atom. The predicted octanol–water partition coefficient (Wildman–Crippen LogP) is 4.48. The molecular formula is C14H16BrFN2. The average molecular weight is 311 g/mol. The van der Waals surface area contributed by atoms with E-state index >= 15 is 0 Å². The second-order valence-corrected chi connectivity index (χ2v) is 6.25. The van der Waals surface area contributed by atoms with Crippen LogP contribution in [0.4, 0.5) is 10.1 Å². The predicted molar refractivity (Wildman–Crippen MR) is 77.6 cm³/mol. The van der Waals surface area contributed by atoms with Crippen molar-refractivity contribution in [3.05, 3.63) is 34.2 Å². The van der Waals surface area contributed by atoms with Gasteiger partial charge in [-0.1, -0.05) is 36.7 Å². The van der Waals surface area contributed by atoms with Crippen molar-refractivity contribution in [3.63, 3.8) is 0 Å². The van der Waals surface area contributed by atoms with E-state index in [0.29, 0.717) is 9.99 Å². The van der Waals surface area contributed by atoms with Gasteiger partial charge in [0.05, 0.1) is 0 Å². The summed E-state index contributed by atoms with van der Waals surface area (Å²) in [6, 6.07) is 5.30. The van der Waals surface area contributed by atoms with Crippen molar-refractivity contribution in [2.24, 2.45) is 0 Å². The molecule has 0 spiro atoms. The van der Waals surface area contributed by atoms with E-state index < -0.39 is 0 Å². The highest BCUT2D eigenvalue weighted by Gasteiger charge is 2.19. The molecule has 0 atom stereocenters. The summed E-state index contributed by atoms with van der Waals surface area (Å²) in [5.74, 6) is -0.304. The molecule has 0 aliphatic heterocycles. The second-order valence-electron chi connectivity index (χ2n) is 5.34. The summed E-state index contributed by atoms with van der Waals surface area (Å²) in [6.45, 7) is 6.20. The largest absolute Gasteiger partial charge is 0.388 e. The van der Waals surface area contributed by atoms with Crippen molar-refractivity contribution in [2.75, 3.05) is 12.4 Å². The molecule has 18 heavy (non-hydrogen) atoms. The quantitative estimate of drug-likeness (QED) is 0.840. The average Bonchev–Trinajstić information content (AvgIpc) is 2.26. The molecule has 1 heterocycles. The van der Waals surface area contributed by atoms with Crippen LogP contribution in [0.5, 0.6) is 0 Å². The normalized spacial score (nSPS) is 11.9. The van der Waals surface area contributed by atoms with Crippen molar-refractivity contribution in [1.82, 2.24) is 4.98 Å². The van der Waals surface area contributed by atoms with Gasteiger partial charge in [-0.15, -0.1) is 0 Å². The van der Waals surface area contributed by atoms with E-state index in [1.54, 1.807) is 0 Å². The molecule has 2 rings (SSSR count). The van der Waals surface area contributed by atoms with Crippen LogP contribution in [-0.4, -0.2) is 12.0 Å². The van der Waals surface area contributed by atoms with E-state index in [4.69, 9.17) is 0 Å². The minimum absolute atomic E-state index is 0.112. The first-order valence-corrected chi connectivity index (χ1v) is 6.60. The van der Waals surface area contributed by atoms with Crippen molar-refractivity contribution in [1.29, 1.82) is 0 Å². The smallest absolute Gasteiger partial charge is 0.150 e. The van der Waals surface area contributed by atoms with Gasteiger partial charge in [0.15, 0.2) is 5.82 Å². The lowest BCUT2D eigenvalue weighted by Crippen LogP contribution is -2.14. The van der Waals surface area contributed by atoms with Gasteiger partial charge in [-0.2, -0.15) is 0 Å². The minimum Gasteiger partial charge on any atom is -0.388 e. The summed E-state index contributed by atoms with van der Waals surface area (Å²) in [5, 5.41) is 3.90. The molecule has 1 N–H and O–H groups in total. The summed E-state index contributed by atoms with van der Waals surface area (Å²) in [7, 11) is 1.83. The first kappa shape index (κ1) is 13.3. The maximum Gasteiger partial charge on any atom is 0.150 e. The third-order valence-electron chi connectivity index (χ3n) is 2.87. The molecule has 0 aliphatic carbocycles. The zero-order valence-electron chi connectivity index (χ0n) is 10.9. The van der Waals surface area contributed by atoms with E-state index in [0.717, 1.165) is 16.8 Å². The fourth-order valence-corrected chi connectivity index (χ4v) is 2.27. The van der Waals surface area contributed by atoms with Crippen LogP contribution in [0.3, 0.4) is 0 Å². The summed E-state index contributed by atoms with van der Waals surface area (Å²) >= 11 is 3.31. The maximum atomic E-state index is 14.0. The van der Waals surface area contributed by atoms with Gasteiger partial charge in [0.2, 0.25) is 0 Å². The topological polar surface area (TPSA) is 24.9 Å². The Balaban J connectivity index is 2.84. The number of fused-ring (bicyclic) bond motifs is 1. The number of aromatic nitrogens is 1. The molecule has 1 aromatic carbocycles. The van der Waals surface area contributed by atoms with E-state index in [2.05, 4.69) is 47.0 Å². The van der Waals surface area contributed by atoms with Gasteiger partial charge in [-0.3, -0.25) is 0 Å². The molecule has 4 heteroatoms. The van der Waals surface area contributed by atoms with Crippen LogP contribution in [0.25, 0.3) is 10.9 Å². The van der Waals surface area contributed by atoms with Crippen LogP contribution >= 0.6 is 15.9 Å². The van der Waals surface area contributed by atoms with Crippen molar-refractivity contribution >= 4 is 32.5 Å². The number of pyridine rings is 1. The third-order valence-corrected chi connectivity index (χ3v) is 3.33. The lowest BCUT2D eigenvalue weighted by Gasteiger charge is -2.20. The molecule has 2 nitrogen and oxygen atoms in total. The molecular weight excluding hydrogens is 295 g/mol. The molecule has 0 aliphatic rings. The molecule has 0 unspecified atom stereocenters. The molecule has 0 radical (unpaired) electrons. The number of rotatable bonds is 1. The van der Waals surface area contributed by atoms with Crippen LogP contribution in [0, 0.1) is 5.82 Å². The number of benzene rings is 1. The van der Waals surface area contributed by atoms with E-state index in [9.17, 15) is 4.39 Å². The van der Waals surface area contributed by atoms with Crippen LogP contribution in [0.15, 0.2) is 22.7 Å². The Kier molecular flexibility index (Phi) is 3.32. The molecule has 0 saturated carbocycles. The van der Waals surface area contributed by atoms with Crippen molar-refractivity contribution in [2.45, 2.75) is 26.2 Å². The van der Waals surface area contributed by atoms with Gasteiger partial charge in [0.1, 0.15) is 5.52 Å². The van der Waals surface area contributed by atoms with Gasteiger partial charge >= 0.3 is 0 Å². The van der Waals surface area contributed by atoms with Crippen LogP contribution in [-0.2, 0) is 5.41 Å². The van der Waals surface area contributed by atoms with Crippen molar-refractivity contribution in [3.8, 4) is 0 Å². The zero-order chi connectivity index (χ0) is 13.5. The standard InChI is InChI=1S/C14H16BrFN2/c1-14(2,3)12-7-11(17-4)9-5-8(15)6-10(16)13(9)18-12/h5-7H,1-4H3,(H,17,18). The second kappa shape index (κ2) is 4.50. The number of nitrogens with one attached hydrogen (secondary N) is 1. The fourth-order valence-electron chi connectivity index (χ4n) is 1.84. The number of anilines is 1. The maximum absolute atomic E-state index is 14.0.